The lowest BCUT2D eigenvalue weighted by Crippen LogP contribution is -2.50. The fourth-order valence-electron chi connectivity index (χ4n) is 5.14. The van der Waals surface area contributed by atoms with E-state index in [0.29, 0.717) is 50.6 Å². The summed E-state index contributed by atoms with van der Waals surface area (Å²) in [5.74, 6) is -0.772. The van der Waals surface area contributed by atoms with Crippen molar-refractivity contribution in [2.75, 3.05) is 44.6 Å². The minimum atomic E-state index is -0.411. The maximum absolute atomic E-state index is 13.2. The molecule has 1 atom stereocenters. The van der Waals surface area contributed by atoms with Gasteiger partial charge in [-0.1, -0.05) is 31.4 Å². The molecule has 2 saturated heterocycles. The van der Waals surface area contributed by atoms with E-state index in [9.17, 15) is 19.2 Å². The molecule has 0 radical (unpaired) electrons. The molecule has 2 heterocycles. The summed E-state index contributed by atoms with van der Waals surface area (Å²) < 4.78 is 5.04. The minimum Gasteiger partial charge on any atom is -0.450 e. The SMILES string of the molecule is CCOC(=O)N1CCN(C(=O)c2ccccc2NC(=O)[C@H]2CC(=O)N(C3CCCCC3)C2)CC1. The number of hydrogen-bond donors (Lipinski definition) is 1. The molecule has 9 heteroatoms. The lowest BCUT2D eigenvalue weighted by atomic mass is 9.94. The first-order valence-corrected chi connectivity index (χ1v) is 12.4. The van der Waals surface area contributed by atoms with Crippen LogP contribution in [-0.4, -0.2) is 83.9 Å². The van der Waals surface area contributed by atoms with Crippen molar-refractivity contribution in [2.45, 2.75) is 51.5 Å². The molecule has 0 spiro atoms. The van der Waals surface area contributed by atoms with Crippen LogP contribution >= 0.6 is 0 Å². The van der Waals surface area contributed by atoms with Crippen LogP contribution in [0.5, 0.6) is 0 Å². The molecule has 4 rings (SSSR count). The van der Waals surface area contributed by atoms with Crippen molar-refractivity contribution in [1.82, 2.24) is 14.7 Å². The number of ether oxygens (including phenoxy) is 1. The van der Waals surface area contributed by atoms with Gasteiger partial charge in [0.25, 0.3) is 5.91 Å². The highest BCUT2D eigenvalue weighted by atomic mass is 16.6. The van der Waals surface area contributed by atoms with Crippen LogP contribution in [0.3, 0.4) is 0 Å². The zero-order chi connectivity index (χ0) is 24.1. The van der Waals surface area contributed by atoms with E-state index in [1.54, 1.807) is 41.0 Å². The Kier molecular flexibility index (Phi) is 7.70. The molecule has 3 aliphatic rings. The van der Waals surface area contributed by atoms with E-state index < -0.39 is 5.92 Å². The molecule has 1 aromatic rings. The Labute approximate surface area is 200 Å². The molecule has 4 amide bonds. The number of carbonyl (C=O) groups is 4. The topological polar surface area (TPSA) is 99.3 Å². The van der Waals surface area contributed by atoms with Crippen LogP contribution in [0.2, 0.25) is 0 Å². The first kappa shape index (κ1) is 24.0. The van der Waals surface area contributed by atoms with Crippen molar-refractivity contribution in [1.29, 1.82) is 0 Å². The number of piperazine rings is 1. The Bertz CT molecular complexity index is 922. The van der Waals surface area contributed by atoms with Gasteiger partial charge in [0.2, 0.25) is 11.8 Å². The smallest absolute Gasteiger partial charge is 0.409 e. The second-order valence-electron chi connectivity index (χ2n) is 9.25. The standard InChI is InChI=1S/C25H34N4O5/c1-2-34-25(33)28-14-12-27(13-15-28)24(32)20-10-6-7-11-21(20)26-23(31)18-16-22(30)29(17-18)19-8-4-3-5-9-19/h6-7,10-11,18-19H,2-5,8-9,12-17H2,1H3,(H,26,31)/t18-/m0/s1. The molecule has 0 aromatic heterocycles. The monoisotopic (exact) mass is 470 g/mol. The molecule has 3 fully saturated rings. The van der Waals surface area contributed by atoms with Crippen LogP contribution in [0, 0.1) is 5.92 Å². The summed E-state index contributed by atoms with van der Waals surface area (Å²) in [6, 6.07) is 7.21. The molecule has 9 nitrogen and oxygen atoms in total. The van der Waals surface area contributed by atoms with Gasteiger partial charge in [-0.05, 0) is 31.9 Å². The van der Waals surface area contributed by atoms with E-state index in [1.165, 1.54) is 6.42 Å². The predicted molar refractivity (Wildman–Crippen MR) is 126 cm³/mol. The van der Waals surface area contributed by atoms with Gasteiger partial charge in [0.05, 0.1) is 23.8 Å². The molecule has 0 bridgehead atoms. The van der Waals surface area contributed by atoms with Crippen molar-refractivity contribution in [2.24, 2.45) is 5.92 Å². The van der Waals surface area contributed by atoms with Crippen molar-refractivity contribution in [3.05, 3.63) is 29.8 Å². The van der Waals surface area contributed by atoms with Gasteiger partial charge in [-0.3, -0.25) is 14.4 Å². The van der Waals surface area contributed by atoms with Gasteiger partial charge in [-0.15, -0.1) is 0 Å². The number of hydrogen-bond acceptors (Lipinski definition) is 5. The Morgan fingerprint density at radius 2 is 1.68 bits per heavy atom. The fourth-order valence-corrected chi connectivity index (χ4v) is 5.14. The molecular weight excluding hydrogens is 436 g/mol. The number of para-hydroxylation sites is 1. The van der Waals surface area contributed by atoms with E-state index in [1.807, 2.05) is 4.90 Å². The predicted octanol–water partition coefficient (Wildman–Crippen LogP) is 2.72. The third-order valence-electron chi connectivity index (χ3n) is 7.05. The molecule has 1 aromatic carbocycles. The van der Waals surface area contributed by atoms with Gasteiger partial charge in [0.15, 0.2) is 0 Å². The molecule has 2 aliphatic heterocycles. The van der Waals surface area contributed by atoms with E-state index in [0.717, 1.165) is 25.7 Å². The normalized spacial score (nSPS) is 21.5. The van der Waals surface area contributed by atoms with Gasteiger partial charge in [-0.25, -0.2) is 4.79 Å². The van der Waals surface area contributed by atoms with Crippen molar-refractivity contribution in [3.63, 3.8) is 0 Å². The Morgan fingerprint density at radius 1 is 1.00 bits per heavy atom. The molecule has 1 N–H and O–H groups in total. The maximum atomic E-state index is 13.2. The highest BCUT2D eigenvalue weighted by Gasteiger charge is 2.38. The zero-order valence-electron chi connectivity index (χ0n) is 19.8. The second kappa shape index (κ2) is 10.9. The summed E-state index contributed by atoms with van der Waals surface area (Å²) in [6.07, 6.45) is 5.36. The summed E-state index contributed by atoms with van der Waals surface area (Å²) in [7, 11) is 0. The Hall–Kier alpha value is -3.10. The molecular formula is C25H34N4O5. The first-order valence-electron chi connectivity index (χ1n) is 12.4. The average molecular weight is 471 g/mol. The number of likely N-dealkylation sites (tertiary alicyclic amines) is 1. The van der Waals surface area contributed by atoms with Crippen LogP contribution in [0.1, 0.15) is 55.8 Å². The van der Waals surface area contributed by atoms with Gasteiger partial charge in [-0.2, -0.15) is 0 Å². The van der Waals surface area contributed by atoms with Crippen LogP contribution < -0.4 is 5.32 Å². The lowest BCUT2D eigenvalue weighted by molar-refractivity contribution is -0.130. The van der Waals surface area contributed by atoms with Crippen molar-refractivity contribution >= 4 is 29.5 Å². The number of nitrogens with one attached hydrogen (secondary N) is 1. The number of nitrogens with zero attached hydrogens (tertiary/aromatic N) is 3. The minimum absolute atomic E-state index is 0.0517. The Balaban J connectivity index is 1.37. The van der Waals surface area contributed by atoms with E-state index in [-0.39, 0.29) is 36.3 Å². The maximum Gasteiger partial charge on any atom is 0.409 e. The average Bonchev–Trinajstić information content (AvgIpc) is 3.26. The molecule has 1 aliphatic carbocycles. The van der Waals surface area contributed by atoms with Gasteiger partial charge in [0.1, 0.15) is 0 Å². The van der Waals surface area contributed by atoms with Crippen LogP contribution in [0.4, 0.5) is 10.5 Å². The van der Waals surface area contributed by atoms with Gasteiger partial charge >= 0.3 is 6.09 Å². The highest BCUT2D eigenvalue weighted by Crippen LogP contribution is 2.29. The third kappa shape index (κ3) is 5.34. The van der Waals surface area contributed by atoms with Crippen LogP contribution in [0.25, 0.3) is 0 Å². The first-order chi connectivity index (χ1) is 16.5. The fraction of sp³-hybridized carbons (Fsp3) is 0.600. The highest BCUT2D eigenvalue weighted by molar-refractivity contribution is 6.05. The number of amides is 4. The van der Waals surface area contributed by atoms with E-state index in [4.69, 9.17) is 4.74 Å². The molecule has 184 valence electrons. The Morgan fingerprint density at radius 3 is 2.38 bits per heavy atom. The number of benzene rings is 1. The zero-order valence-corrected chi connectivity index (χ0v) is 19.8. The summed E-state index contributed by atoms with van der Waals surface area (Å²) >= 11 is 0. The summed E-state index contributed by atoms with van der Waals surface area (Å²) in [4.78, 5) is 55.9. The number of carbonyl (C=O) groups excluding carboxylic acids is 4. The van der Waals surface area contributed by atoms with Crippen molar-refractivity contribution in [3.8, 4) is 0 Å². The van der Waals surface area contributed by atoms with Gasteiger partial charge < -0.3 is 24.8 Å². The lowest BCUT2D eigenvalue weighted by Gasteiger charge is -2.34. The summed E-state index contributed by atoms with van der Waals surface area (Å²) in [6.45, 7) is 4.12. The number of rotatable bonds is 5. The largest absolute Gasteiger partial charge is 0.450 e. The third-order valence-corrected chi connectivity index (χ3v) is 7.05. The summed E-state index contributed by atoms with van der Waals surface area (Å²) in [5, 5.41) is 2.91. The van der Waals surface area contributed by atoms with Gasteiger partial charge in [0, 0.05) is 45.2 Å². The van der Waals surface area contributed by atoms with E-state index in [2.05, 4.69) is 5.32 Å². The molecule has 1 saturated carbocycles. The number of anilines is 1. The quantitative estimate of drug-likeness (QED) is 0.713. The van der Waals surface area contributed by atoms with Crippen molar-refractivity contribution < 1.29 is 23.9 Å². The second-order valence-corrected chi connectivity index (χ2v) is 9.25. The molecule has 0 unspecified atom stereocenters. The van der Waals surface area contributed by atoms with E-state index >= 15 is 0 Å². The van der Waals surface area contributed by atoms with Crippen LogP contribution in [-0.2, 0) is 14.3 Å². The molecule has 34 heavy (non-hydrogen) atoms. The summed E-state index contributed by atoms with van der Waals surface area (Å²) in [5.41, 5.74) is 0.864. The van der Waals surface area contributed by atoms with Crippen LogP contribution in [0.15, 0.2) is 24.3 Å².